The van der Waals surface area contributed by atoms with E-state index in [1.165, 1.54) is 0 Å². The Hall–Kier alpha value is -1.73. The molecule has 5 aliphatic rings. The summed E-state index contributed by atoms with van der Waals surface area (Å²) in [6, 6.07) is 0.145. The van der Waals surface area contributed by atoms with Gasteiger partial charge in [0, 0.05) is 18.2 Å². The van der Waals surface area contributed by atoms with Gasteiger partial charge in [-0.3, -0.25) is 4.79 Å². The number of carbonyl (C=O) groups is 1. The molecule has 0 aromatic carbocycles. The van der Waals surface area contributed by atoms with Crippen molar-refractivity contribution in [2.75, 3.05) is 11.9 Å². The summed E-state index contributed by atoms with van der Waals surface area (Å²) < 4.78 is 0. The van der Waals surface area contributed by atoms with Crippen molar-refractivity contribution >= 4 is 11.9 Å². The van der Waals surface area contributed by atoms with Crippen LogP contribution in [0.15, 0.2) is 6.20 Å². The topological polar surface area (TPSA) is 107 Å². The van der Waals surface area contributed by atoms with E-state index in [2.05, 4.69) is 15.6 Å². The Labute approximate surface area is 184 Å². The van der Waals surface area contributed by atoms with E-state index in [9.17, 15) is 15.0 Å². The first kappa shape index (κ1) is 21.1. The molecule has 1 heterocycles. The number of nitrogens with zero attached hydrogens (tertiary/aromatic N) is 2. The zero-order valence-electron chi connectivity index (χ0n) is 18.7. The Morgan fingerprint density at radius 3 is 2.48 bits per heavy atom. The van der Waals surface area contributed by atoms with Crippen molar-refractivity contribution < 1.29 is 15.0 Å². The van der Waals surface area contributed by atoms with Gasteiger partial charge in [0.2, 0.25) is 5.95 Å². The van der Waals surface area contributed by atoms with Gasteiger partial charge in [-0.25, -0.2) is 9.97 Å². The molecule has 170 valence electrons. The minimum absolute atomic E-state index is 0.0326. The number of aliphatic hydroxyl groups excluding tert-OH is 1. The molecule has 5 saturated carbocycles. The molecule has 5 atom stereocenters. The van der Waals surface area contributed by atoms with Gasteiger partial charge in [-0.15, -0.1) is 0 Å². The van der Waals surface area contributed by atoms with Crippen LogP contribution in [0, 0.1) is 17.8 Å². The van der Waals surface area contributed by atoms with Crippen LogP contribution in [0.5, 0.6) is 0 Å². The molecule has 0 spiro atoms. The molecule has 31 heavy (non-hydrogen) atoms. The van der Waals surface area contributed by atoms with Gasteiger partial charge in [-0.1, -0.05) is 12.8 Å². The highest BCUT2D eigenvalue weighted by Gasteiger charge is 2.55. The van der Waals surface area contributed by atoms with Gasteiger partial charge in [0.1, 0.15) is 0 Å². The minimum Gasteiger partial charge on any atom is -0.394 e. The Morgan fingerprint density at radius 1 is 1.19 bits per heavy atom. The van der Waals surface area contributed by atoms with Gasteiger partial charge in [0.25, 0.3) is 5.91 Å². The first-order chi connectivity index (χ1) is 14.8. The summed E-state index contributed by atoms with van der Waals surface area (Å²) >= 11 is 0. The second-order valence-corrected chi connectivity index (χ2v) is 11.3. The number of anilines is 1. The Balaban J connectivity index is 1.38. The van der Waals surface area contributed by atoms with Crippen LogP contribution >= 0.6 is 0 Å². The fourth-order valence-electron chi connectivity index (χ4n) is 6.93. The summed E-state index contributed by atoms with van der Waals surface area (Å²) in [6.45, 7) is 3.76. The van der Waals surface area contributed by atoms with E-state index in [0.717, 1.165) is 63.5 Å². The quantitative estimate of drug-likeness (QED) is 0.555. The molecular formula is C24H36N4O3. The standard InChI is InChI=1S/C24H36N4O3/c1-23(2,13-29)28-22-25-12-18(20(27-22)15-5-3-4-6-15)21(30)26-19-16-7-14-8-17(19)11-24(31,9-14)10-16/h12,14-17,19,29,31H,3-11,13H2,1-2H3,(H,26,30)(H,25,27,28)/t14?,16-,17+,19?,24?. The van der Waals surface area contributed by atoms with Crippen LogP contribution in [-0.2, 0) is 0 Å². The first-order valence-electron chi connectivity index (χ1n) is 12.0. The summed E-state index contributed by atoms with van der Waals surface area (Å²) in [7, 11) is 0. The lowest BCUT2D eigenvalue weighted by molar-refractivity contribution is -0.136. The van der Waals surface area contributed by atoms with Gasteiger partial charge >= 0.3 is 0 Å². The van der Waals surface area contributed by atoms with E-state index < -0.39 is 11.1 Å². The Morgan fingerprint density at radius 2 is 1.87 bits per heavy atom. The van der Waals surface area contributed by atoms with Crippen LogP contribution in [0.1, 0.15) is 93.6 Å². The van der Waals surface area contributed by atoms with E-state index in [-0.39, 0.29) is 24.5 Å². The molecule has 1 aromatic rings. The highest BCUT2D eigenvalue weighted by molar-refractivity contribution is 5.95. The molecule has 6 rings (SSSR count). The van der Waals surface area contributed by atoms with E-state index >= 15 is 0 Å². The average Bonchev–Trinajstić information content (AvgIpc) is 3.24. The van der Waals surface area contributed by atoms with Gasteiger partial charge < -0.3 is 20.8 Å². The molecular weight excluding hydrogens is 392 g/mol. The third-order valence-corrected chi connectivity index (χ3v) is 8.19. The highest BCUT2D eigenvalue weighted by Crippen LogP contribution is 2.55. The number of hydrogen-bond acceptors (Lipinski definition) is 6. The Bertz CT molecular complexity index is 835. The molecule has 4 N–H and O–H groups in total. The molecule has 1 amide bonds. The SMILES string of the molecule is CC(C)(CO)Nc1ncc(C(=O)NC2[C@@H]3CC4C[C@H]2CC(O)(C4)C3)c(C2CCCC2)n1. The minimum atomic E-state index is -0.530. The molecule has 5 aliphatic carbocycles. The van der Waals surface area contributed by atoms with Crippen molar-refractivity contribution in [2.24, 2.45) is 17.8 Å². The van der Waals surface area contributed by atoms with E-state index in [1.54, 1.807) is 6.20 Å². The van der Waals surface area contributed by atoms with Crippen LogP contribution in [-0.4, -0.2) is 49.9 Å². The maximum Gasteiger partial charge on any atom is 0.254 e. The monoisotopic (exact) mass is 428 g/mol. The number of hydrogen-bond donors (Lipinski definition) is 4. The lowest BCUT2D eigenvalue weighted by Crippen LogP contribution is -2.61. The molecule has 3 unspecified atom stereocenters. The smallest absolute Gasteiger partial charge is 0.254 e. The second kappa shape index (κ2) is 7.69. The normalized spacial score (nSPS) is 34.8. The summed E-state index contributed by atoms with van der Waals surface area (Å²) in [6.07, 6.45) is 10.9. The van der Waals surface area contributed by atoms with E-state index in [0.29, 0.717) is 29.3 Å². The van der Waals surface area contributed by atoms with E-state index in [1.807, 2.05) is 13.8 Å². The van der Waals surface area contributed by atoms with Crippen LogP contribution in [0.3, 0.4) is 0 Å². The van der Waals surface area contributed by atoms with Crippen LogP contribution in [0.2, 0.25) is 0 Å². The number of aliphatic hydroxyl groups is 2. The lowest BCUT2D eigenvalue weighted by Gasteiger charge is -2.58. The first-order valence-corrected chi connectivity index (χ1v) is 12.0. The molecule has 0 saturated heterocycles. The summed E-state index contributed by atoms with van der Waals surface area (Å²) in [4.78, 5) is 22.6. The Kier molecular flexibility index (Phi) is 5.25. The highest BCUT2D eigenvalue weighted by atomic mass is 16.3. The molecule has 5 fully saturated rings. The van der Waals surface area contributed by atoms with Crippen molar-refractivity contribution in [1.82, 2.24) is 15.3 Å². The third kappa shape index (κ3) is 4.07. The van der Waals surface area contributed by atoms with Gasteiger partial charge in [0.05, 0.1) is 29.0 Å². The van der Waals surface area contributed by atoms with Gasteiger partial charge in [0.15, 0.2) is 0 Å². The van der Waals surface area contributed by atoms with Crippen LogP contribution in [0.25, 0.3) is 0 Å². The van der Waals surface area contributed by atoms with Crippen molar-refractivity contribution in [3.63, 3.8) is 0 Å². The van der Waals surface area contributed by atoms with Crippen molar-refractivity contribution in [1.29, 1.82) is 0 Å². The maximum atomic E-state index is 13.4. The molecule has 0 radical (unpaired) electrons. The average molecular weight is 429 g/mol. The predicted octanol–water partition coefficient (Wildman–Crippen LogP) is 2.99. The van der Waals surface area contributed by atoms with Gasteiger partial charge in [-0.05, 0) is 76.5 Å². The zero-order valence-corrected chi connectivity index (χ0v) is 18.7. The number of rotatable bonds is 6. The number of aromatic nitrogens is 2. The zero-order chi connectivity index (χ0) is 21.8. The second-order valence-electron chi connectivity index (χ2n) is 11.3. The number of amides is 1. The summed E-state index contributed by atoms with van der Waals surface area (Å²) in [5, 5.41) is 27.0. The molecule has 4 bridgehead atoms. The van der Waals surface area contributed by atoms with Gasteiger partial charge in [-0.2, -0.15) is 0 Å². The van der Waals surface area contributed by atoms with Crippen molar-refractivity contribution in [2.45, 2.75) is 94.7 Å². The lowest BCUT2D eigenvalue weighted by atomic mass is 9.52. The largest absolute Gasteiger partial charge is 0.394 e. The molecule has 0 aliphatic heterocycles. The van der Waals surface area contributed by atoms with Crippen LogP contribution in [0.4, 0.5) is 5.95 Å². The third-order valence-electron chi connectivity index (χ3n) is 8.19. The van der Waals surface area contributed by atoms with Crippen LogP contribution < -0.4 is 10.6 Å². The fraction of sp³-hybridized carbons (Fsp3) is 0.792. The molecule has 1 aromatic heterocycles. The van der Waals surface area contributed by atoms with Crippen molar-refractivity contribution in [3.05, 3.63) is 17.5 Å². The fourth-order valence-corrected chi connectivity index (χ4v) is 6.93. The van der Waals surface area contributed by atoms with Crippen molar-refractivity contribution in [3.8, 4) is 0 Å². The predicted molar refractivity (Wildman–Crippen MR) is 118 cm³/mol. The number of carbonyl (C=O) groups excluding carboxylic acids is 1. The maximum absolute atomic E-state index is 13.4. The molecule has 7 heteroatoms. The summed E-state index contributed by atoms with van der Waals surface area (Å²) in [5.74, 6) is 2.05. The summed E-state index contributed by atoms with van der Waals surface area (Å²) in [5.41, 5.74) is 0.399. The molecule has 7 nitrogen and oxygen atoms in total. The van der Waals surface area contributed by atoms with E-state index in [4.69, 9.17) is 4.98 Å². The number of nitrogens with one attached hydrogen (secondary N) is 2.